The number of aliphatic hydroxyl groups is 2. The highest BCUT2D eigenvalue weighted by atomic mass is 16.6. The number of likely N-dealkylation sites (tertiary alicyclic amines) is 1. The summed E-state index contributed by atoms with van der Waals surface area (Å²) in [6.45, 7) is 23.2. The van der Waals surface area contributed by atoms with Gasteiger partial charge < -0.3 is 62.8 Å². The second-order valence-electron chi connectivity index (χ2n) is 11.7. The third-order valence-corrected chi connectivity index (χ3v) is 8.14. The van der Waals surface area contributed by atoms with Crippen LogP contribution in [0.4, 0.5) is 5.69 Å². The van der Waals surface area contributed by atoms with E-state index in [1.807, 2.05) is 32.1 Å². The summed E-state index contributed by atoms with van der Waals surface area (Å²) in [5.74, 6) is -0.665. The first-order valence-corrected chi connectivity index (χ1v) is 18.1. The molecule has 0 bridgehead atoms. The molecule has 0 spiro atoms. The molecule has 2 rings (SSSR count). The van der Waals surface area contributed by atoms with Gasteiger partial charge in [-0.1, -0.05) is 25.1 Å². The summed E-state index contributed by atoms with van der Waals surface area (Å²) in [5, 5.41) is 19.4. The Bertz CT molecular complexity index is 1100. The highest BCUT2D eigenvalue weighted by Crippen LogP contribution is 2.32. The Kier molecular flexibility index (Phi) is 25.2. The molecule has 2 N–H and O–H groups in total. The lowest BCUT2D eigenvalue weighted by atomic mass is 9.85. The van der Waals surface area contributed by atoms with Crippen LogP contribution in [0, 0.1) is 12.5 Å². The molecule has 290 valence electrons. The average molecular weight is 724 g/mol. The van der Waals surface area contributed by atoms with E-state index in [9.17, 15) is 9.90 Å². The van der Waals surface area contributed by atoms with Crippen molar-refractivity contribution in [2.45, 2.75) is 39.5 Å². The second-order valence-corrected chi connectivity index (χ2v) is 11.7. The summed E-state index contributed by atoms with van der Waals surface area (Å²) < 4.78 is 43.7. The third kappa shape index (κ3) is 18.1. The van der Waals surface area contributed by atoms with E-state index in [1.54, 1.807) is 0 Å². The minimum Gasteiger partial charge on any atom is -0.394 e. The smallest absolute Gasteiger partial charge is 0.308 e. The van der Waals surface area contributed by atoms with E-state index in [-0.39, 0.29) is 18.4 Å². The summed E-state index contributed by atoms with van der Waals surface area (Å²) in [6, 6.07) is 7.32. The van der Waals surface area contributed by atoms with Gasteiger partial charge in [-0.25, -0.2) is 6.57 Å². The number of ether oxygens (including phenoxy) is 8. The van der Waals surface area contributed by atoms with Gasteiger partial charge in [0.1, 0.15) is 0 Å². The molecule has 0 aromatic heterocycles. The molecule has 3 unspecified atom stereocenters. The molecule has 0 aliphatic carbocycles. The topological polar surface area (TPSA) is 142 Å². The maximum Gasteiger partial charge on any atom is 0.308 e. The lowest BCUT2D eigenvalue weighted by Gasteiger charge is -2.36. The molecule has 14 nitrogen and oxygen atoms in total. The average Bonchev–Trinajstić information content (AvgIpc) is 3.14. The summed E-state index contributed by atoms with van der Waals surface area (Å²) in [7, 11) is 0. The van der Waals surface area contributed by atoms with Crippen LogP contribution in [0.1, 0.15) is 32.8 Å². The van der Waals surface area contributed by atoms with E-state index < -0.39 is 12.3 Å². The van der Waals surface area contributed by atoms with Gasteiger partial charge in [0.05, 0.1) is 112 Å². The fraction of sp³-hybridized carbons (Fsp3) is 0.730. The standard InChI is InChI=1S/C37H61N3O11/c1-5-39(33-10-8-32(9-11-33)30-34-31(3)35(38-4)37(43)40(6-2)36(34)42)12-7-14-44-16-18-46-20-22-48-24-26-50-28-29-51-27-25-49-23-21-47-19-17-45-15-13-41/h8-11,30-31,35-36,41-42H,5-7,12-29H2,1-3H3. The van der Waals surface area contributed by atoms with E-state index in [4.69, 9.17) is 49.6 Å². The zero-order chi connectivity index (χ0) is 36.9. The number of carbonyl (C=O) groups excluding carboxylic acids is 1. The zero-order valence-electron chi connectivity index (χ0n) is 30.9. The van der Waals surface area contributed by atoms with Crippen LogP contribution in [0.25, 0.3) is 10.9 Å². The molecule has 1 saturated heterocycles. The first-order chi connectivity index (χ1) is 25.0. The Labute approximate surface area is 304 Å². The van der Waals surface area contributed by atoms with E-state index in [0.29, 0.717) is 118 Å². The minimum atomic E-state index is -1.02. The Hall–Kier alpha value is -2.68. The number of aliphatic hydroxyl groups excluding tert-OH is 2. The number of piperidine rings is 1. The minimum absolute atomic E-state index is 0.0196. The van der Waals surface area contributed by atoms with Crippen molar-refractivity contribution in [2.24, 2.45) is 5.92 Å². The van der Waals surface area contributed by atoms with E-state index in [1.165, 1.54) is 4.90 Å². The van der Waals surface area contributed by atoms with Crippen LogP contribution in [0.15, 0.2) is 29.8 Å². The number of nitrogens with zero attached hydrogens (tertiary/aromatic N) is 3. The van der Waals surface area contributed by atoms with Gasteiger partial charge in [0.2, 0.25) is 0 Å². The van der Waals surface area contributed by atoms with Crippen molar-refractivity contribution >= 4 is 17.7 Å². The number of benzene rings is 1. The number of hydrogen-bond donors (Lipinski definition) is 2. The molecule has 1 aromatic rings. The van der Waals surface area contributed by atoms with Crippen molar-refractivity contribution in [3.63, 3.8) is 0 Å². The highest BCUT2D eigenvalue weighted by molar-refractivity contribution is 5.87. The Balaban J connectivity index is 1.43. The molecule has 0 radical (unpaired) electrons. The van der Waals surface area contributed by atoms with Gasteiger partial charge in [-0.2, -0.15) is 0 Å². The Morgan fingerprint density at radius 3 is 1.57 bits per heavy atom. The summed E-state index contributed by atoms with van der Waals surface area (Å²) in [4.78, 5) is 19.7. The number of carbonyl (C=O) groups is 1. The summed E-state index contributed by atoms with van der Waals surface area (Å²) in [6.07, 6.45) is 1.76. The van der Waals surface area contributed by atoms with Gasteiger partial charge in [0.25, 0.3) is 0 Å². The lowest BCUT2D eigenvalue weighted by Crippen LogP contribution is -2.53. The first-order valence-electron chi connectivity index (χ1n) is 18.1. The molecule has 3 atom stereocenters. The predicted octanol–water partition coefficient (Wildman–Crippen LogP) is 2.52. The van der Waals surface area contributed by atoms with Crippen molar-refractivity contribution < 1.29 is 52.9 Å². The van der Waals surface area contributed by atoms with Gasteiger partial charge in [0, 0.05) is 31.9 Å². The van der Waals surface area contributed by atoms with E-state index >= 15 is 0 Å². The van der Waals surface area contributed by atoms with Crippen LogP contribution in [0.5, 0.6) is 0 Å². The highest BCUT2D eigenvalue weighted by Gasteiger charge is 2.46. The van der Waals surface area contributed by atoms with Crippen molar-refractivity contribution in [1.82, 2.24) is 4.90 Å². The number of hydrogen-bond acceptors (Lipinski definition) is 12. The van der Waals surface area contributed by atoms with Gasteiger partial charge in [-0.15, -0.1) is 0 Å². The monoisotopic (exact) mass is 723 g/mol. The van der Waals surface area contributed by atoms with Crippen LogP contribution in [0.3, 0.4) is 0 Å². The molecule has 14 heteroatoms. The molecule has 0 saturated carbocycles. The number of likely N-dealkylation sites (N-methyl/N-ethyl adjacent to an activating group) is 1. The van der Waals surface area contributed by atoms with Crippen LogP contribution in [-0.2, 0) is 42.7 Å². The Morgan fingerprint density at radius 1 is 0.745 bits per heavy atom. The molecule has 1 aliphatic heterocycles. The quantitative estimate of drug-likeness (QED) is 0.0859. The number of rotatable bonds is 31. The summed E-state index contributed by atoms with van der Waals surface area (Å²) >= 11 is 0. The molecule has 1 heterocycles. The van der Waals surface area contributed by atoms with Crippen LogP contribution in [0.2, 0.25) is 0 Å². The Morgan fingerprint density at radius 2 is 1.18 bits per heavy atom. The molecule has 51 heavy (non-hydrogen) atoms. The van der Waals surface area contributed by atoms with Crippen molar-refractivity contribution in [3.05, 3.63) is 46.8 Å². The molecule has 1 amide bonds. The molecule has 1 aliphatic rings. The largest absolute Gasteiger partial charge is 0.394 e. The van der Waals surface area contributed by atoms with Gasteiger partial charge >= 0.3 is 11.9 Å². The van der Waals surface area contributed by atoms with Crippen LogP contribution >= 0.6 is 0 Å². The first kappa shape index (κ1) is 44.5. The zero-order valence-corrected chi connectivity index (χ0v) is 30.9. The van der Waals surface area contributed by atoms with Crippen LogP contribution < -0.4 is 4.90 Å². The molecule has 1 aromatic carbocycles. The third-order valence-electron chi connectivity index (χ3n) is 8.14. The molecule has 1 fully saturated rings. The summed E-state index contributed by atoms with van der Waals surface area (Å²) in [5.41, 5.74) is 2.71. The second kappa shape index (κ2) is 28.9. The van der Waals surface area contributed by atoms with Gasteiger partial charge in [-0.05, 0) is 43.5 Å². The molecular formula is C37H61N3O11. The van der Waals surface area contributed by atoms with Gasteiger partial charge in [0.15, 0.2) is 6.23 Å². The van der Waals surface area contributed by atoms with E-state index in [2.05, 4.69) is 28.8 Å². The maximum atomic E-state index is 12.5. The number of amides is 1. The SMILES string of the molecule is [C-]#[N+]C1C(=O)N(CC)C(O)C(=Cc2ccc(N(CC)CCCOCCOCCOCCOCCOCCOCCOCCOCCO)cc2)C1C. The fourth-order valence-electron chi connectivity index (χ4n) is 5.31. The normalized spacial score (nSPS) is 18.4. The maximum absolute atomic E-state index is 12.5. The van der Waals surface area contributed by atoms with Crippen molar-refractivity contribution in [1.29, 1.82) is 0 Å². The molecular weight excluding hydrogens is 662 g/mol. The van der Waals surface area contributed by atoms with E-state index in [0.717, 1.165) is 30.8 Å². The van der Waals surface area contributed by atoms with Crippen molar-refractivity contribution in [2.75, 3.05) is 137 Å². The van der Waals surface area contributed by atoms with Gasteiger partial charge in [-0.3, -0.25) is 4.79 Å². The number of anilines is 1. The van der Waals surface area contributed by atoms with Crippen molar-refractivity contribution in [3.8, 4) is 0 Å². The van der Waals surface area contributed by atoms with Crippen LogP contribution in [-0.4, -0.2) is 165 Å². The lowest BCUT2D eigenvalue weighted by molar-refractivity contribution is -0.143. The predicted molar refractivity (Wildman–Crippen MR) is 194 cm³/mol. The fourth-order valence-corrected chi connectivity index (χ4v) is 5.31.